The van der Waals surface area contributed by atoms with E-state index < -0.39 is 5.41 Å². The van der Waals surface area contributed by atoms with Crippen LogP contribution >= 0.6 is 0 Å². The van der Waals surface area contributed by atoms with Crippen LogP contribution in [-0.2, 0) is 11.3 Å². The predicted octanol–water partition coefficient (Wildman–Crippen LogP) is 0.923. The van der Waals surface area contributed by atoms with E-state index in [2.05, 4.69) is 15.5 Å². The van der Waals surface area contributed by atoms with E-state index >= 15 is 0 Å². The molecule has 1 aliphatic rings. The van der Waals surface area contributed by atoms with Gasteiger partial charge in [-0.15, -0.1) is 0 Å². The molecule has 1 heterocycles. The lowest BCUT2D eigenvalue weighted by atomic mass is 9.67. The van der Waals surface area contributed by atoms with Gasteiger partial charge < -0.3 is 16.3 Å². The summed E-state index contributed by atoms with van der Waals surface area (Å²) in [6.07, 6.45) is 5.62. The normalized spacial score (nSPS) is 17.6. The summed E-state index contributed by atoms with van der Waals surface area (Å²) in [5.41, 5.74) is 6.85. The molecule has 102 valence electrons. The van der Waals surface area contributed by atoms with Crippen LogP contribution in [0.1, 0.15) is 30.4 Å². The van der Waals surface area contributed by atoms with Crippen LogP contribution in [0.25, 0.3) is 0 Å². The van der Waals surface area contributed by atoms with Gasteiger partial charge in [0, 0.05) is 18.9 Å². The number of carbonyl (C=O) groups is 1. The SMILES string of the molecule is Cc1cnccc1CNC(=O)C1(/C(N)=N/O)CCC1. The minimum atomic E-state index is -0.824. The van der Waals surface area contributed by atoms with Gasteiger partial charge in [-0.2, -0.15) is 0 Å². The van der Waals surface area contributed by atoms with Crippen LogP contribution in [0.15, 0.2) is 23.6 Å². The van der Waals surface area contributed by atoms with Gasteiger partial charge in [0.1, 0.15) is 5.41 Å². The maximum Gasteiger partial charge on any atom is 0.234 e. The van der Waals surface area contributed by atoms with Crippen LogP contribution in [0.3, 0.4) is 0 Å². The zero-order chi connectivity index (χ0) is 13.9. The average molecular weight is 262 g/mol. The molecule has 6 nitrogen and oxygen atoms in total. The number of aryl methyl sites for hydroxylation is 1. The van der Waals surface area contributed by atoms with Gasteiger partial charge in [0.05, 0.1) is 0 Å². The molecule has 1 aromatic rings. The molecule has 0 aliphatic heterocycles. The van der Waals surface area contributed by atoms with Crippen molar-refractivity contribution in [2.24, 2.45) is 16.3 Å². The number of pyridine rings is 1. The Morgan fingerprint density at radius 2 is 2.37 bits per heavy atom. The third kappa shape index (κ3) is 2.38. The fourth-order valence-electron chi connectivity index (χ4n) is 2.27. The fourth-order valence-corrected chi connectivity index (χ4v) is 2.27. The number of aromatic nitrogens is 1. The molecule has 0 bridgehead atoms. The van der Waals surface area contributed by atoms with Gasteiger partial charge in [-0.05, 0) is 37.0 Å². The molecule has 0 unspecified atom stereocenters. The van der Waals surface area contributed by atoms with Gasteiger partial charge in [0.2, 0.25) is 5.91 Å². The molecule has 0 spiro atoms. The third-order valence-electron chi connectivity index (χ3n) is 3.82. The van der Waals surface area contributed by atoms with Crippen LogP contribution < -0.4 is 11.1 Å². The number of oxime groups is 1. The second-order valence-corrected chi connectivity index (χ2v) is 4.91. The van der Waals surface area contributed by atoms with E-state index in [1.165, 1.54) is 0 Å². The molecule has 1 aliphatic carbocycles. The summed E-state index contributed by atoms with van der Waals surface area (Å²) >= 11 is 0. The van der Waals surface area contributed by atoms with Gasteiger partial charge in [-0.3, -0.25) is 9.78 Å². The Hall–Kier alpha value is -2.11. The fraction of sp³-hybridized carbons (Fsp3) is 0.462. The van der Waals surface area contributed by atoms with Gasteiger partial charge in [-0.25, -0.2) is 0 Å². The van der Waals surface area contributed by atoms with E-state index in [4.69, 9.17) is 10.9 Å². The summed E-state index contributed by atoms with van der Waals surface area (Å²) in [5, 5.41) is 14.6. The van der Waals surface area contributed by atoms with Gasteiger partial charge >= 0.3 is 0 Å². The number of hydrogen-bond acceptors (Lipinski definition) is 4. The molecule has 1 aromatic heterocycles. The summed E-state index contributed by atoms with van der Waals surface area (Å²) in [6.45, 7) is 2.37. The summed E-state index contributed by atoms with van der Waals surface area (Å²) in [4.78, 5) is 16.2. The van der Waals surface area contributed by atoms with E-state index in [0.717, 1.165) is 17.5 Å². The summed E-state index contributed by atoms with van der Waals surface area (Å²) < 4.78 is 0. The van der Waals surface area contributed by atoms with Crippen molar-refractivity contribution in [1.29, 1.82) is 0 Å². The van der Waals surface area contributed by atoms with Crippen LogP contribution in [-0.4, -0.2) is 21.9 Å². The molecule has 1 amide bonds. The van der Waals surface area contributed by atoms with Crippen molar-refractivity contribution < 1.29 is 10.0 Å². The van der Waals surface area contributed by atoms with E-state index in [1.807, 2.05) is 13.0 Å². The molecule has 2 rings (SSSR count). The third-order valence-corrected chi connectivity index (χ3v) is 3.82. The number of hydrogen-bond donors (Lipinski definition) is 3. The molecule has 6 heteroatoms. The predicted molar refractivity (Wildman–Crippen MR) is 70.5 cm³/mol. The lowest BCUT2D eigenvalue weighted by Gasteiger charge is -2.38. The Labute approximate surface area is 111 Å². The second-order valence-electron chi connectivity index (χ2n) is 4.91. The highest BCUT2D eigenvalue weighted by molar-refractivity contribution is 6.07. The van der Waals surface area contributed by atoms with Crippen molar-refractivity contribution in [1.82, 2.24) is 10.3 Å². The molecular formula is C13H18N4O2. The minimum absolute atomic E-state index is 0.00250. The van der Waals surface area contributed by atoms with E-state index in [9.17, 15) is 4.79 Å². The van der Waals surface area contributed by atoms with E-state index in [0.29, 0.717) is 19.4 Å². The van der Waals surface area contributed by atoms with Crippen molar-refractivity contribution in [3.05, 3.63) is 29.6 Å². The second kappa shape index (κ2) is 5.26. The molecule has 0 radical (unpaired) electrons. The Balaban J connectivity index is 2.04. The van der Waals surface area contributed by atoms with Crippen molar-refractivity contribution in [2.75, 3.05) is 0 Å². The van der Waals surface area contributed by atoms with Crippen LogP contribution in [0.2, 0.25) is 0 Å². The monoisotopic (exact) mass is 262 g/mol. The zero-order valence-electron chi connectivity index (χ0n) is 10.9. The highest BCUT2D eigenvalue weighted by atomic mass is 16.4. The number of amidine groups is 1. The molecular weight excluding hydrogens is 244 g/mol. The van der Waals surface area contributed by atoms with Gasteiger partial charge in [0.25, 0.3) is 0 Å². The van der Waals surface area contributed by atoms with Crippen LogP contribution in [0, 0.1) is 12.3 Å². The summed E-state index contributed by atoms with van der Waals surface area (Å²) in [5.74, 6) is -0.173. The first kappa shape index (κ1) is 13.3. The Morgan fingerprint density at radius 1 is 1.63 bits per heavy atom. The molecule has 0 aromatic carbocycles. The van der Waals surface area contributed by atoms with Crippen molar-refractivity contribution in [3.63, 3.8) is 0 Å². The first-order valence-electron chi connectivity index (χ1n) is 6.26. The quantitative estimate of drug-likeness (QED) is 0.325. The van der Waals surface area contributed by atoms with E-state index in [1.54, 1.807) is 12.4 Å². The molecule has 19 heavy (non-hydrogen) atoms. The first-order valence-corrected chi connectivity index (χ1v) is 6.26. The first-order chi connectivity index (χ1) is 9.10. The maximum atomic E-state index is 12.2. The number of nitrogens with one attached hydrogen (secondary N) is 1. The van der Waals surface area contributed by atoms with Crippen molar-refractivity contribution in [3.8, 4) is 0 Å². The van der Waals surface area contributed by atoms with E-state index in [-0.39, 0.29) is 11.7 Å². The summed E-state index contributed by atoms with van der Waals surface area (Å²) in [7, 11) is 0. The standard InChI is InChI=1S/C13H18N4O2/c1-9-7-15-6-3-10(9)8-16-12(18)13(4-2-5-13)11(14)17-19/h3,6-7,19H,2,4-5,8H2,1H3,(H2,14,17)(H,16,18). The Kier molecular flexibility index (Phi) is 3.69. The van der Waals surface area contributed by atoms with Crippen LogP contribution in [0.4, 0.5) is 0 Å². The number of nitrogens with zero attached hydrogens (tertiary/aromatic N) is 2. The lowest BCUT2D eigenvalue weighted by molar-refractivity contribution is -0.131. The molecule has 0 saturated heterocycles. The van der Waals surface area contributed by atoms with Crippen molar-refractivity contribution >= 4 is 11.7 Å². The summed E-state index contributed by atoms with van der Waals surface area (Å²) in [6, 6.07) is 1.87. The zero-order valence-corrected chi connectivity index (χ0v) is 10.9. The van der Waals surface area contributed by atoms with Gasteiger partial charge in [-0.1, -0.05) is 11.6 Å². The Morgan fingerprint density at radius 3 is 2.89 bits per heavy atom. The van der Waals surface area contributed by atoms with Crippen LogP contribution in [0.5, 0.6) is 0 Å². The largest absolute Gasteiger partial charge is 0.409 e. The highest BCUT2D eigenvalue weighted by Crippen LogP contribution is 2.41. The number of nitrogens with two attached hydrogens (primary N) is 1. The molecule has 4 N–H and O–H groups in total. The minimum Gasteiger partial charge on any atom is -0.409 e. The van der Waals surface area contributed by atoms with Crippen molar-refractivity contribution in [2.45, 2.75) is 32.7 Å². The number of carbonyl (C=O) groups excluding carboxylic acids is 1. The number of rotatable bonds is 4. The Bertz CT molecular complexity index is 509. The molecule has 1 fully saturated rings. The average Bonchev–Trinajstić information content (AvgIpc) is 2.36. The molecule has 0 atom stereocenters. The topological polar surface area (TPSA) is 101 Å². The van der Waals surface area contributed by atoms with Gasteiger partial charge in [0.15, 0.2) is 5.84 Å². The lowest BCUT2D eigenvalue weighted by Crippen LogP contribution is -2.53. The smallest absolute Gasteiger partial charge is 0.234 e. The number of amides is 1. The molecule has 1 saturated carbocycles. The highest BCUT2D eigenvalue weighted by Gasteiger charge is 2.48. The maximum absolute atomic E-state index is 12.2.